The summed E-state index contributed by atoms with van der Waals surface area (Å²) in [6, 6.07) is 9.08. The van der Waals surface area contributed by atoms with Crippen molar-refractivity contribution in [2.75, 3.05) is 7.05 Å². The molecule has 0 aliphatic carbocycles. The van der Waals surface area contributed by atoms with E-state index in [1.165, 1.54) is 0 Å². The predicted molar refractivity (Wildman–Crippen MR) is 57.9 cm³/mol. The number of aliphatic carboxylic acids is 1. The molecular weight excluding hydrogens is 202 g/mol. The van der Waals surface area contributed by atoms with Crippen LogP contribution in [0.3, 0.4) is 0 Å². The number of carboxylic acids is 1. The van der Waals surface area contributed by atoms with Crippen LogP contribution in [0.25, 0.3) is 0 Å². The SMILES string of the molecule is CNC(Cc1ccccc1)C(=O)O.Cl. The van der Waals surface area contributed by atoms with Gasteiger partial charge in [-0.3, -0.25) is 4.79 Å². The Kier molecular flexibility index (Phi) is 5.92. The lowest BCUT2D eigenvalue weighted by Gasteiger charge is -2.10. The van der Waals surface area contributed by atoms with Crippen molar-refractivity contribution in [2.24, 2.45) is 0 Å². The van der Waals surface area contributed by atoms with Gasteiger partial charge in [0.15, 0.2) is 0 Å². The molecule has 1 atom stereocenters. The van der Waals surface area contributed by atoms with Gasteiger partial charge in [0, 0.05) is 0 Å². The number of nitrogens with one attached hydrogen (secondary N) is 1. The van der Waals surface area contributed by atoms with Crippen molar-refractivity contribution in [2.45, 2.75) is 12.5 Å². The summed E-state index contributed by atoms with van der Waals surface area (Å²) in [5.41, 5.74) is 1.03. The lowest BCUT2D eigenvalue weighted by molar-refractivity contribution is -0.139. The molecule has 0 amide bonds. The average molecular weight is 216 g/mol. The van der Waals surface area contributed by atoms with Gasteiger partial charge in [-0.05, 0) is 19.0 Å². The second-order valence-corrected chi connectivity index (χ2v) is 2.87. The van der Waals surface area contributed by atoms with E-state index in [4.69, 9.17) is 5.11 Å². The zero-order valence-electron chi connectivity index (χ0n) is 7.93. The summed E-state index contributed by atoms with van der Waals surface area (Å²) in [4.78, 5) is 10.7. The molecule has 0 radical (unpaired) electrons. The molecular formula is C10H14ClNO2. The summed E-state index contributed by atoms with van der Waals surface area (Å²) in [6.07, 6.45) is 0.521. The van der Waals surface area contributed by atoms with E-state index in [0.29, 0.717) is 6.42 Å². The summed E-state index contributed by atoms with van der Waals surface area (Å²) >= 11 is 0. The van der Waals surface area contributed by atoms with Crippen LogP contribution in [0.1, 0.15) is 5.56 Å². The maximum absolute atomic E-state index is 10.7. The van der Waals surface area contributed by atoms with Crippen LogP contribution in [-0.4, -0.2) is 24.2 Å². The molecule has 14 heavy (non-hydrogen) atoms. The number of likely N-dealkylation sites (N-methyl/N-ethyl adjacent to an activating group) is 1. The Bertz CT molecular complexity index is 277. The van der Waals surface area contributed by atoms with E-state index in [2.05, 4.69) is 5.32 Å². The molecule has 1 unspecified atom stereocenters. The normalized spacial score (nSPS) is 11.5. The van der Waals surface area contributed by atoms with Crippen LogP contribution in [-0.2, 0) is 11.2 Å². The van der Waals surface area contributed by atoms with Crippen LogP contribution in [0, 0.1) is 0 Å². The average Bonchev–Trinajstić information content (AvgIpc) is 2.15. The van der Waals surface area contributed by atoms with Gasteiger partial charge in [0.05, 0.1) is 0 Å². The lowest BCUT2D eigenvalue weighted by Crippen LogP contribution is -2.35. The predicted octanol–water partition coefficient (Wildman–Crippen LogP) is 1.32. The molecule has 0 aromatic heterocycles. The largest absolute Gasteiger partial charge is 0.480 e. The van der Waals surface area contributed by atoms with Crippen LogP contribution >= 0.6 is 12.4 Å². The fourth-order valence-electron chi connectivity index (χ4n) is 1.16. The Morgan fingerprint density at radius 3 is 2.43 bits per heavy atom. The number of carboxylic acid groups (broad SMARTS) is 1. The molecule has 0 spiro atoms. The quantitative estimate of drug-likeness (QED) is 0.797. The molecule has 2 N–H and O–H groups in total. The minimum atomic E-state index is -0.814. The van der Waals surface area contributed by atoms with Crippen molar-refractivity contribution in [3.63, 3.8) is 0 Å². The van der Waals surface area contributed by atoms with Gasteiger partial charge in [0.25, 0.3) is 0 Å². The van der Waals surface area contributed by atoms with Gasteiger partial charge in [-0.2, -0.15) is 0 Å². The number of benzene rings is 1. The van der Waals surface area contributed by atoms with Gasteiger partial charge < -0.3 is 10.4 Å². The van der Waals surface area contributed by atoms with Crippen molar-refractivity contribution < 1.29 is 9.90 Å². The second-order valence-electron chi connectivity index (χ2n) is 2.87. The van der Waals surface area contributed by atoms with Crippen LogP contribution in [0.2, 0.25) is 0 Å². The Balaban J connectivity index is 0.00000169. The second kappa shape index (κ2) is 6.40. The number of halogens is 1. The van der Waals surface area contributed by atoms with Crippen molar-refractivity contribution in [1.82, 2.24) is 5.32 Å². The molecule has 0 bridgehead atoms. The van der Waals surface area contributed by atoms with Gasteiger partial charge in [0.2, 0.25) is 0 Å². The zero-order chi connectivity index (χ0) is 9.68. The molecule has 0 saturated carbocycles. The van der Waals surface area contributed by atoms with Crippen molar-refractivity contribution in [3.05, 3.63) is 35.9 Å². The first-order valence-corrected chi connectivity index (χ1v) is 4.18. The van der Waals surface area contributed by atoms with E-state index in [1.807, 2.05) is 30.3 Å². The van der Waals surface area contributed by atoms with Gasteiger partial charge >= 0.3 is 5.97 Å². The highest BCUT2D eigenvalue weighted by molar-refractivity contribution is 5.85. The zero-order valence-corrected chi connectivity index (χ0v) is 8.75. The van der Waals surface area contributed by atoms with Gasteiger partial charge in [-0.15, -0.1) is 12.4 Å². The fraction of sp³-hybridized carbons (Fsp3) is 0.300. The summed E-state index contributed by atoms with van der Waals surface area (Å²) in [5.74, 6) is -0.814. The Labute approximate surface area is 89.5 Å². The third kappa shape index (κ3) is 3.77. The lowest BCUT2D eigenvalue weighted by atomic mass is 10.1. The summed E-state index contributed by atoms with van der Waals surface area (Å²) in [7, 11) is 1.65. The number of carbonyl (C=O) groups is 1. The molecule has 4 heteroatoms. The summed E-state index contributed by atoms with van der Waals surface area (Å²) in [6.45, 7) is 0. The highest BCUT2D eigenvalue weighted by Gasteiger charge is 2.14. The molecule has 3 nitrogen and oxygen atoms in total. The Morgan fingerprint density at radius 2 is 2.00 bits per heavy atom. The van der Waals surface area contributed by atoms with E-state index in [1.54, 1.807) is 7.05 Å². The highest BCUT2D eigenvalue weighted by atomic mass is 35.5. The Morgan fingerprint density at radius 1 is 1.43 bits per heavy atom. The topological polar surface area (TPSA) is 49.3 Å². The van der Waals surface area contributed by atoms with E-state index >= 15 is 0 Å². The molecule has 0 heterocycles. The third-order valence-electron chi connectivity index (χ3n) is 1.93. The number of hydrogen-bond donors (Lipinski definition) is 2. The molecule has 1 aromatic rings. The third-order valence-corrected chi connectivity index (χ3v) is 1.93. The smallest absolute Gasteiger partial charge is 0.321 e. The summed E-state index contributed by atoms with van der Waals surface area (Å²) in [5, 5.41) is 11.5. The minimum absolute atomic E-state index is 0. The van der Waals surface area contributed by atoms with Gasteiger partial charge in [0.1, 0.15) is 6.04 Å². The standard InChI is InChI=1S/C10H13NO2.ClH/c1-11-9(10(12)13)7-8-5-3-2-4-6-8;/h2-6,9,11H,7H2,1H3,(H,12,13);1H. The molecule has 1 aromatic carbocycles. The fourth-order valence-corrected chi connectivity index (χ4v) is 1.16. The van der Waals surface area contributed by atoms with Gasteiger partial charge in [-0.25, -0.2) is 0 Å². The van der Waals surface area contributed by atoms with E-state index in [9.17, 15) is 4.79 Å². The highest BCUT2D eigenvalue weighted by Crippen LogP contribution is 2.02. The van der Waals surface area contributed by atoms with Crippen LogP contribution < -0.4 is 5.32 Å². The van der Waals surface area contributed by atoms with Crippen molar-refractivity contribution in [3.8, 4) is 0 Å². The number of rotatable bonds is 4. The van der Waals surface area contributed by atoms with Gasteiger partial charge in [-0.1, -0.05) is 30.3 Å². The monoisotopic (exact) mass is 215 g/mol. The molecule has 78 valence electrons. The Hall–Kier alpha value is -1.06. The maximum atomic E-state index is 10.7. The minimum Gasteiger partial charge on any atom is -0.480 e. The molecule has 0 aliphatic rings. The molecule has 0 fully saturated rings. The maximum Gasteiger partial charge on any atom is 0.321 e. The van der Waals surface area contributed by atoms with Crippen molar-refractivity contribution >= 4 is 18.4 Å². The molecule has 0 saturated heterocycles. The van der Waals surface area contributed by atoms with Crippen LogP contribution in [0.4, 0.5) is 0 Å². The molecule has 0 aliphatic heterocycles. The van der Waals surface area contributed by atoms with E-state index < -0.39 is 12.0 Å². The first kappa shape index (κ1) is 12.9. The van der Waals surface area contributed by atoms with E-state index in [0.717, 1.165) is 5.56 Å². The summed E-state index contributed by atoms with van der Waals surface area (Å²) < 4.78 is 0. The first-order valence-electron chi connectivity index (χ1n) is 4.18. The van der Waals surface area contributed by atoms with Crippen LogP contribution in [0.5, 0.6) is 0 Å². The van der Waals surface area contributed by atoms with E-state index in [-0.39, 0.29) is 12.4 Å². The van der Waals surface area contributed by atoms with Crippen LogP contribution in [0.15, 0.2) is 30.3 Å². The number of hydrogen-bond acceptors (Lipinski definition) is 2. The first-order chi connectivity index (χ1) is 6.24. The van der Waals surface area contributed by atoms with Crippen molar-refractivity contribution in [1.29, 1.82) is 0 Å². The molecule has 1 rings (SSSR count).